The van der Waals surface area contributed by atoms with Gasteiger partial charge in [0, 0.05) is 0 Å². The van der Waals surface area contributed by atoms with E-state index in [2.05, 4.69) is 20.7 Å². The standard InChI is InChI=1S/C26H31N3O8/c1-16(2)21(25(33)34)28-24(32)22(18-12-8-5-9-13-18)29-23(31)19(14-20(30)36-3)27-26(35)37-15-17-10-6-4-7-11-17/h4-13,16,19,21-22H,14-15H2,1-3H3,(H,27,35)(H,28,32)(H,29,31)(H,33,34)/t19-,21-,22-/m0/s1. The van der Waals surface area contributed by atoms with E-state index in [0.29, 0.717) is 11.1 Å². The predicted octanol–water partition coefficient (Wildman–Crippen LogP) is 1.93. The topological polar surface area (TPSA) is 160 Å². The zero-order chi connectivity index (χ0) is 27.4. The van der Waals surface area contributed by atoms with E-state index in [-0.39, 0.29) is 6.61 Å². The Kier molecular flexibility index (Phi) is 11.1. The number of carbonyl (C=O) groups is 5. The lowest BCUT2D eigenvalue weighted by Crippen LogP contribution is -2.53. The minimum absolute atomic E-state index is 0.0694. The second-order valence-corrected chi connectivity index (χ2v) is 8.46. The number of hydrogen-bond acceptors (Lipinski definition) is 7. The Hall–Kier alpha value is -4.41. The highest BCUT2D eigenvalue weighted by Gasteiger charge is 2.32. The third-order valence-corrected chi connectivity index (χ3v) is 5.33. The Labute approximate surface area is 214 Å². The lowest BCUT2D eigenvalue weighted by molar-refractivity contribution is -0.144. The third kappa shape index (κ3) is 9.28. The first-order chi connectivity index (χ1) is 17.6. The zero-order valence-corrected chi connectivity index (χ0v) is 20.8. The number of carboxylic acid groups (broad SMARTS) is 1. The van der Waals surface area contributed by atoms with Gasteiger partial charge in [-0.3, -0.25) is 14.4 Å². The Bertz CT molecular complexity index is 1080. The minimum Gasteiger partial charge on any atom is -0.480 e. The molecule has 0 radical (unpaired) electrons. The van der Waals surface area contributed by atoms with Gasteiger partial charge in [0.05, 0.1) is 13.5 Å². The van der Waals surface area contributed by atoms with E-state index in [9.17, 15) is 29.1 Å². The maximum atomic E-state index is 13.2. The summed E-state index contributed by atoms with van der Waals surface area (Å²) in [6.07, 6.45) is -1.49. The van der Waals surface area contributed by atoms with Gasteiger partial charge < -0.3 is 30.5 Å². The van der Waals surface area contributed by atoms with Crippen LogP contribution in [0.15, 0.2) is 60.7 Å². The van der Waals surface area contributed by atoms with Gasteiger partial charge in [-0.2, -0.15) is 0 Å². The van der Waals surface area contributed by atoms with Crippen molar-refractivity contribution in [2.45, 2.75) is 45.0 Å². The molecule has 3 atom stereocenters. The molecule has 0 aliphatic rings. The Morgan fingerprint density at radius 1 is 0.838 bits per heavy atom. The molecule has 4 N–H and O–H groups in total. The van der Waals surface area contributed by atoms with E-state index in [1.807, 2.05) is 0 Å². The number of carbonyl (C=O) groups excluding carboxylic acids is 4. The predicted molar refractivity (Wildman–Crippen MR) is 132 cm³/mol. The largest absolute Gasteiger partial charge is 0.480 e. The van der Waals surface area contributed by atoms with Crippen molar-refractivity contribution in [1.82, 2.24) is 16.0 Å². The Morgan fingerprint density at radius 2 is 1.43 bits per heavy atom. The van der Waals surface area contributed by atoms with E-state index >= 15 is 0 Å². The molecule has 2 aromatic carbocycles. The first kappa shape index (κ1) is 28.8. The molecule has 3 amide bonds. The third-order valence-electron chi connectivity index (χ3n) is 5.33. The number of carboxylic acids is 1. The van der Waals surface area contributed by atoms with Crippen molar-refractivity contribution in [3.63, 3.8) is 0 Å². The first-order valence-electron chi connectivity index (χ1n) is 11.5. The normalized spacial score (nSPS) is 13.0. The first-order valence-corrected chi connectivity index (χ1v) is 11.5. The molecule has 0 aliphatic heterocycles. The van der Waals surface area contributed by atoms with Crippen LogP contribution in [0.5, 0.6) is 0 Å². The summed E-state index contributed by atoms with van der Waals surface area (Å²) >= 11 is 0. The van der Waals surface area contributed by atoms with E-state index in [1.54, 1.807) is 74.5 Å². The fourth-order valence-corrected chi connectivity index (χ4v) is 3.31. The molecule has 37 heavy (non-hydrogen) atoms. The molecule has 0 heterocycles. The molecule has 11 nitrogen and oxygen atoms in total. The molecule has 0 saturated heterocycles. The molecule has 0 aliphatic carbocycles. The highest BCUT2D eigenvalue weighted by atomic mass is 16.5. The monoisotopic (exact) mass is 513 g/mol. The fraction of sp³-hybridized carbons (Fsp3) is 0.346. The average molecular weight is 514 g/mol. The van der Waals surface area contributed by atoms with Crippen LogP contribution in [-0.4, -0.2) is 54.1 Å². The van der Waals surface area contributed by atoms with E-state index in [0.717, 1.165) is 7.11 Å². The van der Waals surface area contributed by atoms with E-state index < -0.39 is 60.3 Å². The maximum absolute atomic E-state index is 13.2. The van der Waals surface area contributed by atoms with Crippen LogP contribution in [0.1, 0.15) is 37.4 Å². The number of alkyl carbamates (subject to hydrolysis) is 1. The average Bonchev–Trinajstić information content (AvgIpc) is 2.89. The van der Waals surface area contributed by atoms with Crippen molar-refractivity contribution >= 4 is 29.8 Å². The van der Waals surface area contributed by atoms with Gasteiger partial charge in [-0.15, -0.1) is 0 Å². The van der Waals surface area contributed by atoms with Gasteiger partial charge in [0.25, 0.3) is 0 Å². The molecule has 11 heteroatoms. The second-order valence-electron chi connectivity index (χ2n) is 8.46. The number of aliphatic carboxylic acids is 1. The van der Waals surface area contributed by atoms with Crippen LogP contribution in [0.3, 0.4) is 0 Å². The van der Waals surface area contributed by atoms with Crippen LogP contribution < -0.4 is 16.0 Å². The van der Waals surface area contributed by atoms with Gasteiger partial charge in [0.1, 0.15) is 24.7 Å². The number of rotatable bonds is 12. The smallest absolute Gasteiger partial charge is 0.408 e. The number of methoxy groups -OCH3 is 1. The zero-order valence-electron chi connectivity index (χ0n) is 20.8. The highest BCUT2D eigenvalue weighted by molar-refractivity contribution is 5.95. The molecule has 0 bridgehead atoms. The molecule has 0 fully saturated rings. The molecule has 0 unspecified atom stereocenters. The summed E-state index contributed by atoms with van der Waals surface area (Å²) < 4.78 is 9.77. The highest BCUT2D eigenvalue weighted by Crippen LogP contribution is 2.15. The summed E-state index contributed by atoms with van der Waals surface area (Å²) in [6.45, 7) is 3.19. The van der Waals surface area contributed by atoms with Gasteiger partial charge >= 0.3 is 18.0 Å². The molecular weight excluding hydrogens is 482 g/mol. The molecule has 2 rings (SSSR count). The van der Waals surface area contributed by atoms with Crippen molar-refractivity contribution in [2.75, 3.05) is 7.11 Å². The van der Waals surface area contributed by atoms with Crippen molar-refractivity contribution in [1.29, 1.82) is 0 Å². The van der Waals surface area contributed by atoms with Crippen LogP contribution in [0.2, 0.25) is 0 Å². The summed E-state index contributed by atoms with van der Waals surface area (Å²) in [6, 6.07) is 13.0. The van der Waals surface area contributed by atoms with Crippen LogP contribution in [0.4, 0.5) is 4.79 Å². The lowest BCUT2D eigenvalue weighted by atomic mass is 10.0. The van der Waals surface area contributed by atoms with Gasteiger partial charge in [-0.1, -0.05) is 74.5 Å². The minimum atomic E-state index is -1.44. The van der Waals surface area contributed by atoms with Crippen molar-refractivity contribution < 1.29 is 38.6 Å². The molecule has 0 saturated carbocycles. The number of benzene rings is 2. The quantitative estimate of drug-likeness (QED) is 0.313. The lowest BCUT2D eigenvalue weighted by Gasteiger charge is -2.25. The Balaban J connectivity index is 2.21. The van der Waals surface area contributed by atoms with Gasteiger partial charge in [-0.05, 0) is 17.0 Å². The van der Waals surface area contributed by atoms with Crippen molar-refractivity contribution in [3.05, 3.63) is 71.8 Å². The van der Waals surface area contributed by atoms with Crippen LogP contribution in [0.25, 0.3) is 0 Å². The van der Waals surface area contributed by atoms with Gasteiger partial charge in [0.2, 0.25) is 11.8 Å². The summed E-state index contributed by atoms with van der Waals surface area (Å²) in [7, 11) is 1.13. The van der Waals surface area contributed by atoms with E-state index in [1.165, 1.54) is 0 Å². The summed E-state index contributed by atoms with van der Waals surface area (Å²) in [5, 5.41) is 16.7. The maximum Gasteiger partial charge on any atom is 0.408 e. The number of esters is 1. The molecule has 0 spiro atoms. The summed E-state index contributed by atoms with van der Waals surface area (Å²) in [5.41, 5.74) is 1.08. The number of ether oxygens (including phenoxy) is 2. The van der Waals surface area contributed by atoms with Gasteiger partial charge in [0.15, 0.2) is 0 Å². The number of hydrogen-bond donors (Lipinski definition) is 4. The SMILES string of the molecule is COC(=O)C[C@H](NC(=O)OCc1ccccc1)C(=O)N[C@H](C(=O)N[C@H](C(=O)O)C(C)C)c1ccccc1. The molecular formula is C26H31N3O8. The van der Waals surface area contributed by atoms with Crippen molar-refractivity contribution in [2.24, 2.45) is 5.92 Å². The number of nitrogens with one attached hydrogen (secondary N) is 3. The van der Waals surface area contributed by atoms with Crippen LogP contribution >= 0.6 is 0 Å². The Morgan fingerprint density at radius 3 is 1.97 bits per heavy atom. The fourth-order valence-electron chi connectivity index (χ4n) is 3.31. The molecule has 0 aromatic heterocycles. The molecule has 198 valence electrons. The van der Waals surface area contributed by atoms with Crippen molar-refractivity contribution in [3.8, 4) is 0 Å². The van der Waals surface area contributed by atoms with Crippen LogP contribution in [0, 0.1) is 5.92 Å². The van der Waals surface area contributed by atoms with Gasteiger partial charge in [-0.25, -0.2) is 9.59 Å². The second kappa shape index (κ2) is 14.2. The van der Waals surface area contributed by atoms with E-state index in [4.69, 9.17) is 4.74 Å². The molecule has 2 aromatic rings. The summed E-state index contributed by atoms with van der Waals surface area (Å²) in [4.78, 5) is 62.1. The number of amides is 3. The summed E-state index contributed by atoms with van der Waals surface area (Å²) in [5.74, 6) is -4.09. The van der Waals surface area contributed by atoms with Crippen LogP contribution in [-0.2, 0) is 35.3 Å².